The third kappa shape index (κ3) is 4.57. The molecule has 17 heavy (non-hydrogen) atoms. The van der Waals surface area contributed by atoms with Gasteiger partial charge in [0.05, 0.1) is 0 Å². The minimum Gasteiger partial charge on any atom is -0.316 e. The van der Waals surface area contributed by atoms with E-state index in [1.807, 2.05) is 0 Å². The van der Waals surface area contributed by atoms with Gasteiger partial charge in [0.25, 0.3) is 0 Å². The van der Waals surface area contributed by atoms with Crippen LogP contribution in [0.1, 0.15) is 33.6 Å². The lowest BCUT2D eigenvalue weighted by Crippen LogP contribution is -2.42. The fourth-order valence-corrected chi connectivity index (χ4v) is 2.64. The van der Waals surface area contributed by atoms with Gasteiger partial charge in [-0.05, 0) is 45.4 Å². The van der Waals surface area contributed by atoms with Crippen molar-refractivity contribution >= 4 is 0 Å². The summed E-state index contributed by atoms with van der Waals surface area (Å²) in [7, 11) is 4.40. The monoisotopic (exact) mass is 241 g/mol. The molecular formula is C14H31N3. The van der Waals surface area contributed by atoms with Crippen molar-refractivity contribution in [1.29, 1.82) is 0 Å². The summed E-state index contributed by atoms with van der Waals surface area (Å²) in [6.07, 6.45) is 2.58. The predicted molar refractivity (Wildman–Crippen MR) is 75.5 cm³/mol. The Morgan fingerprint density at radius 3 is 2.53 bits per heavy atom. The summed E-state index contributed by atoms with van der Waals surface area (Å²) in [5, 5.41) is 3.51. The molecule has 0 aliphatic carbocycles. The van der Waals surface area contributed by atoms with Gasteiger partial charge >= 0.3 is 0 Å². The summed E-state index contributed by atoms with van der Waals surface area (Å²) in [4.78, 5) is 5.01. The molecule has 1 rings (SSSR count). The first-order valence-electron chi connectivity index (χ1n) is 7.10. The van der Waals surface area contributed by atoms with Crippen molar-refractivity contribution in [3.63, 3.8) is 0 Å². The van der Waals surface area contributed by atoms with Crippen LogP contribution in [-0.2, 0) is 0 Å². The van der Waals surface area contributed by atoms with Crippen LogP contribution in [0.2, 0.25) is 0 Å². The largest absolute Gasteiger partial charge is 0.316 e. The Morgan fingerprint density at radius 1 is 1.35 bits per heavy atom. The second-order valence-electron chi connectivity index (χ2n) is 6.09. The van der Waals surface area contributed by atoms with Crippen molar-refractivity contribution in [3.05, 3.63) is 0 Å². The van der Waals surface area contributed by atoms with E-state index in [0.717, 1.165) is 19.1 Å². The van der Waals surface area contributed by atoms with Crippen LogP contribution in [0.4, 0.5) is 0 Å². The number of hydrogen-bond acceptors (Lipinski definition) is 3. The number of rotatable bonds is 7. The highest BCUT2D eigenvalue weighted by Crippen LogP contribution is 2.24. The second-order valence-corrected chi connectivity index (χ2v) is 6.09. The molecule has 0 aromatic heterocycles. The molecule has 102 valence electrons. The van der Waals surface area contributed by atoms with Crippen LogP contribution in [0, 0.1) is 5.41 Å². The molecule has 2 unspecified atom stereocenters. The van der Waals surface area contributed by atoms with Crippen molar-refractivity contribution in [2.75, 3.05) is 46.8 Å². The molecule has 0 bridgehead atoms. The number of nitrogens with one attached hydrogen (secondary N) is 1. The number of nitrogens with zero attached hydrogens (tertiary/aromatic N) is 2. The first-order chi connectivity index (χ1) is 8.00. The first kappa shape index (κ1) is 14.9. The molecule has 1 aliphatic rings. The molecule has 0 radical (unpaired) electrons. The van der Waals surface area contributed by atoms with Gasteiger partial charge in [-0.15, -0.1) is 0 Å². The van der Waals surface area contributed by atoms with E-state index in [2.05, 4.69) is 50.0 Å². The average molecular weight is 241 g/mol. The maximum Gasteiger partial charge on any atom is 0.0229 e. The van der Waals surface area contributed by atoms with E-state index in [9.17, 15) is 0 Å². The van der Waals surface area contributed by atoms with Crippen LogP contribution in [0.15, 0.2) is 0 Å². The lowest BCUT2D eigenvalue weighted by molar-refractivity contribution is 0.170. The molecule has 2 atom stereocenters. The summed E-state index contributed by atoms with van der Waals surface area (Å²) in [5.74, 6) is 0. The van der Waals surface area contributed by atoms with Crippen LogP contribution in [0.5, 0.6) is 0 Å². The average Bonchev–Trinajstić information content (AvgIpc) is 2.75. The van der Waals surface area contributed by atoms with Crippen LogP contribution in [-0.4, -0.2) is 62.7 Å². The third-order valence-electron chi connectivity index (χ3n) is 4.24. The highest BCUT2D eigenvalue weighted by Gasteiger charge is 2.30. The molecule has 0 aromatic rings. The molecule has 0 amide bonds. The third-order valence-corrected chi connectivity index (χ3v) is 4.24. The van der Waals surface area contributed by atoms with Gasteiger partial charge in [-0.25, -0.2) is 0 Å². The number of hydrogen-bond donors (Lipinski definition) is 1. The molecule has 1 heterocycles. The normalized spacial score (nSPS) is 25.4. The van der Waals surface area contributed by atoms with Gasteiger partial charge in [0.15, 0.2) is 0 Å². The summed E-state index contributed by atoms with van der Waals surface area (Å²) < 4.78 is 0. The maximum absolute atomic E-state index is 3.51. The van der Waals surface area contributed by atoms with Crippen LogP contribution < -0.4 is 5.32 Å². The quantitative estimate of drug-likeness (QED) is 0.731. The van der Waals surface area contributed by atoms with Gasteiger partial charge < -0.3 is 15.1 Å². The van der Waals surface area contributed by atoms with E-state index in [0.29, 0.717) is 5.41 Å². The molecule has 1 saturated heterocycles. The van der Waals surface area contributed by atoms with Gasteiger partial charge in [-0.2, -0.15) is 0 Å². The Labute approximate surface area is 108 Å². The summed E-state index contributed by atoms with van der Waals surface area (Å²) in [6.45, 7) is 12.9. The Balaban J connectivity index is 2.41. The number of likely N-dealkylation sites (tertiary alicyclic amines) is 1. The highest BCUT2D eigenvalue weighted by molar-refractivity contribution is 4.86. The van der Waals surface area contributed by atoms with Crippen molar-refractivity contribution in [2.45, 2.75) is 39.7 Å². The van der Waals surface area contributed by atoms with Gasteiger partial charge in [0.1, 0.15) is 0 Å². The zero-order chi connectivity index (χ0) is 12.9. The van der Waals surface area contributed by atoms with Crippen LogP contribution in [0.25, 0.3) is 0 Å². The van der Waals surface area contributed by atoms with E-state index >= 15 is 0 Å². The molecular weight excluding hydrogens is 210 g/mol. The van der Waals surface area contributed by atoms with E-state index < -0.39 is 0 Å². The zero-order valence-electron chi connectivity index (χ0n) is 12.4. The Hall–Kier alpha value is -0.120. The van der Waals surface area contributed by atoms with Crippen molar-refractivity contribution in [2.24, 2.45) is 5.41 Å². The second kappa shape index (κ2) is 6.72. The maximum atomic E-state index is 3.51. The SMILES string of the molecule is CCNCC(C)(CC)CN1CCC(N(C)C)C1. The van der Waals surface area contributed by atoms with Gasteiger partial charge in [-0.1, -0.05) is 20.8 Å². The standard InChI is InChI=1S/C14H31N3/c1-6-14(3,11-15-7-2)12-17-9-8-13(10-17)16(4)5/h13,15H,6-12H2,1-5H3. The molecule has 1 N–H and O–H groups in total. The van der Waals surface area contributed by atoms with Crippen molar-refractivity contribution < 1.29 is 0 Å². The number of likely N-dealkylation sites (N-methyl/N-ethyl adjacent to an activating group) is 1. The van der Waals surface area contributed by atoms with Gasteiger partial charge in [0.2, 0.25) is 0 Å². The Morgan fingerprint density at radius 2 is 2.06 bits per heavy atom. The predicted octanol–water partition coefficient (Wildman–Crippen LogP) is 1.65. The fourth-order valence-electron chi connectivity index (χ4n) is 2.64. The Bertz CT molecular complexity index is 218. The lowest BCUT2D eigenvalue weighted by atomic mass is 9.87. The molecule has 0 spiro atoms. The summed E-state index contributed by atoms with van der Waals surface area (Å²) in [5.41, 5.74) is 0.428. The van der Waals surface area contributed by atoms with E-state index in [1.165, 1.54) is 32.5 Å². The molecule has 1 aliphatic heterocycles. The van der Waals surface area contributed by atoms with E-state index in [1.54, 1.807) is 0 Å². The topological polar surface area (TPSA) is 18.5 Å². The fraction of sp³-hybridized carbons (Fsp3) is 1.00. The van der Waals surface area contributed by atoms with Crippen molar-refractivity contribution in [1.82, 2.24) is 15.1 Å². The molecule has 1 fully saturated rings. The zero-order valence-corrected chi connectivity index (χ0v) is 12.4. The minimum absolute atomic E-state index is 0.428. The molecule has 0 saturated carbocycles. The van der Waals surface area contributed by atoms with Gasteiger partial charge in [0, 0.05) is 25.7 Å². The van der Waals surface area contributed by atoms with Crippen LogP contribution in [0.3, 0.4) is 0 Å². The molecule has 3 nitrogen and oxygen atoms in total. The van der Waals surface area contributed by atoms with Crippen molar-refractivity contribution in [3.8, 4) is 0 Å². The van der Waals surface area contributed by atoms with Crippen LogP contribution >= 0.6 is 0 Å². The van der Waals surface area contributed by atoms with E-state index in [4.69, 9.17) is 0 Å². The Kier molecular flexibility index (Phi) is 5.90. The lowest BCUT2D eigenvalue weighted by Gasteiger charge is -2.33. The molecule has 0 aromatic carbocycles. The first-order valence-corrected chi connectivity index (χ1v) is 7.10. The smallest absolute Gasteiger partial charge is 0.0229 e. The van der Waals surface area contributed by atoms with Gasteiger partial charge in [-0.3, -0.25) is 0 Å². The van der Waals surface area contributed by atoms with E-state index in [-0.39, 0.29) is 0 Å². The summed E-state index contributed by atoms with van der Waals surface area (Å²) in [6, 6.07) is 0.759. The summed E-state index contributed by atoms with van der Waals surface area (Å²) >= 11 is 0. The molecule has 3 heteroatoms. The highest BCUT2D eigenvalue weighted by atomic mass is 15.2. The minimum atomic E-state index is 0.428.